The molecule has 0 aromatic carbocycles. The summed E-state index contributed by atoms with van der Waals surface area (Å²) in [5.41, 5.74) is -0.729. The molecule has 0 rings (SSSR count). The van der Waals surface area contributed by atoms with E-state index in [4.69, 9.17) is 9.84 Å². The SMILES string of the molecule is CC(C)(C)OC(=O)CS(=O)(=O)CCCC(=O)O. The second kappa shape index (κ2) is 6.00. The Morgan fingerprint density at radius 2 is 1.76 bits per heavy atom. The summed E-state index contributed by atoms with van der Waals surface area (Å²) in [7, 11) is -3.59. The first-order valence-corrected chi connectivity index (χ1v) is 6.98. The number of sulfone groups is 1. The third-order valence-corrected chi connectivity index (χ3v) is 3.19. The molecule has 0 aliphatic rings. The standard InChI is InChI=1S/C10H18O6S/c1-10(2,3)16-9(13)7-17(14,15)6-4-5-8(11)12/h4-7H2,1-3H3,(H,11,12). The molecule has 0 aliphatic carbocycles. The molecule has 0 aliphatic heterocycles. The number of carboxylic acids is 1. The van der Waals surface area contributed by atoms with E-state index in [0.29, 0.717) is 0 Å². The minimum atomic E-state index is -3.59. The number of hydrogen-bond donors (Lipinski definition) is 1. The van der Waals surface area contributed by atoms with E-state index in [1.807, 2.05) is 0 Å². The van der Waals surface area contributed by atoms with Crippen LogP contribution in [0.1, 0.15) is 33.6 Å². The Balaban J connectivity index is 4.17. The Kier molecular flexibility index (Phi) is 5.60. The molecule has 0 amide bonds. The molecule has 17 heavy (non-hydrogen) atoms. The highest BCUT2D eigenvalue weighted by Crippen LogP contribution is 2.08. The molecular weight excluding hydrogens is 248 g/mol. The molecule has 0 bridgehead atoms. The average Bonchev–Trinajstić information content (AvgIpc) is 1.96. The normalized spacial score (nSPS) is 12.2. The van der Waals surface area contributed by atoms with Crippen molar-refractivity contribution in [3.05, 3.63) is 0 Å². The molecule has 0 unspecified atom stereocenters. The third kappa shape index (κ3) is 9.80. The lowest BCUT2D eigenvalue weighted by molar-refractivity contribution is -0.151. The summed E-state index contributed by atoms with van der Waals surface area (Å²) < 4.78 is 27.7. The van der Waals surface area contributed by atoms with Crippen molar-refractivity contribution in [3.8, 4) is 0 Å². The molecule has 0 fully saturated rings. The zero-order valence-corrected chi connectivity index (χ0v) is 11.0. The summed E-state index contributed by atoms with van der Waals surface area (Å²) in [6.07, 6.45) is -0.228. The van der Waals surface area contributed by atoms with Gasteiger partial charge in [0.1, 0.15) is 11.4 Å². The van der Waals surface area contributed by atoms with Crippen molar-refractivity contribution < 1.29 is 27.9 Å². The lowest BCUT2D eigenvalue weighted by atomic mass is 10.2. The van der Waals surface area contributed by atoms with Gasteiger partial charge in [-0.05, 0) is 27.2 Å². The zero-order valence-electron chi connectivity index (χ0n) is 10.2. The first-order valence-electron chi connectivity index (χ1n) is 5.16. The Bertz CT molecular complexity index is 376. The van der Waals surface area contributed by atoms with Gasteiger partial charge < -0.3 is 9.84 Å². The number of carboxylic acid groups (broad SMARTS) is 1. The molecule has 7 heteroatoms. The smallest absolute Gasteiger partial charge is 0.321 e. The van der Waals surface area contributed by atoms with Crippen molar-refractivity contribution in [2.45, 2.75) is 39.2 Å². The highest BCUT2D eigenvalue weighted by molar-refractivity contribution is 7.92. The molecule has 1 N–H and O–H groups in total. The summed E-state index contributed by atoms with van der Waals surface area (Å²) in [6, 6.07) is 0. The van der Waals surface area contributed by atoms with E-state index in [0.717, 1.165) is 0 Å². The molecule has 0 spiro atoms. The van der Waals surface area contributed by atoms with Gasteiger partial charge in [0.2, 0.25) is 0 Å². The highest BCUT2D eigenvalue weighted by Gasteiger charge is 2.22. The van der Waals surface area contributed by atoms with Crippen molar-refractivity contribution >= 4 is 21.8 Å². The van der Waals surface area contributed by atoms with Crippen LogP contribution in [0.2, 0.25) is 0 Å². The fourth-order valence-corrected chi connectivity index (χ4v) is 2.21. The average molecular weight is 266 g/mol. The summed E-state index contributed by atoms with van der Waals surface area (Å²) in [5.74, 6) is -2.90. The van der Waals surface area contributed by atoms with Crippen LogP contribution in [-0.4, -0.2) is 42.6 Å². The number of rotatable bonds is 6. The van der Waals surface area contributed by atoms with Crippen LogP contribution in [0.15, 0.2) is 0 Å². The highest BCUT2D eigenvalue weighted by atomic mass is 32.2. The quantitative estimate of drug-likeness (QED) is 0.707. The van der Waals surface area contributed by atoms with E-state index in [-0.39, 0.29) is 18.6 Å². The Labute approximate surface area is 101 Å². The molecule has 0 heterocycles. The summed E-state index contributed by atoms with van der Waals surface area (Å²) in [6.45, 7) is 4.92. The van der Waals surface area contributed by atoms with E-state index in [2.05, 4.69) is 0 Å². The monoisotopic (exact) mass is 266 g/mol. The number of esters is 1. The van der Waals surface area contributed by atoms with Gasteiger partial charge in [0.25, 0.3) is 0 Å². The van der Waals surface area contributed by atoms with E-state index in [1.165, 1.54) is 0 Å². The summed E-state index contributed by atoms with van der Waals surface area (Å²) >= 11 is 0. The van der Waals surface area contributed by atoms with Crippen molar-refractivity contribution in [2.75, 3.05) is 11.5 Å². The van der Waals surface area contributed by atoms with E-state index in [1.54, 1.807) is 20.8 Å². The van der Waals surface area contributed by atoms with E-state index in [9.17, 15) is 18.0 Å². The first kappa shape index (κ1) is 15.9. The van der Waals surface area contributed by atoms with Gasteiger partial charge in [-0.3, -0.25) is 9.59 Å². The minimum absolute atomic E-state index is 0.000461. The van der Waals surface area contributed by atoms with Gasteiger partial charge in [0.05, 0.1) is 5.75 Å². The fraction of sp³-hybridized carbons (Fsp3) is 0.800. The Morgan fingerprint density at radius 1 is 1.24 bits per heavy atom. The van der Waals surface area contributed by atoms with Crippen molar-refractivity contribution in [1.29, 1.82) is 0 Å². The Hall–Kier alpha value is -1.11. The molecular formula is C10H18O6S. The van der Waals surface area contributed by atoms with Gasteiger partial charge in [0.15, 0.2) is 9.84 Å². The lowest BCUT2D eigenvalue weighted by Gasteiger charge is -2.19. The second-order valence-electron chi connectivity index (χ2n) is 4.68. The van der Waals surface area contributed by atoms with Gasteiger partial charge in [-0.2, -0.15) is 0 Å². The topological polar surface area (TPSA) is 97.7 Å². The number of aliphatic carboxylic acids is 1. The van der Waals surface area contributed by atoms with Gasteiger partial charge >= 0.3 is 11.9 Å². The maximum Gasteiger partial charge on any atom is 0.321 e. The number of carbonyl (C=O) groups excluding carboxylic acids is 1. The largest absolute Gasteiger partial charge is 0.481 e. The van der Waals surface area contributed by atoms with Crippen molar-refractivity contribution in [2.24, 2.45) is 0 Å². The molecule has 0 radical (unpaired) electrons. The molecule has 0 saturated carbocycles. The Morgan fingerprint density at radius 3 is 2.18 bits per heavy atom. The van der Waals surface area contributed by atoms with Crippen LogP contribution in [0.4, 0.5) is 0 Å². The van der Waals surface area contributed by atoms with Gasteiger partial charge in [-0.25, -0.2) is 8.42 Å². The van der Waals surface area contributed by atoms with Gasteiger partial charge in [0, 0.05) is 6.42 Å². The third-order valence-electron chi connectivity index (χ3n) is 1.60. The molecule has 0 aromatic rings. The second-order valence-corrected chi connectivity index (χ2v) is 6.86. The number of hydrogen-bond acceptors (Lipinski definition) is 5. The predicted molar refractivity (Wildman–Crippen MR) is 61.4 cm³/mol. The van der Waals surface area contributed by atoms with Crippen LogP contribution in [0, 0.1) is 0 Å². The number of carbonyl (C=O) groups is 2. The number of ether oxygens (including phenoxy) is 1. The van der Waals surface area contributed by atoms with Crippen LogP contribution in [0.3, 0.4) is 0 Å². The predicted octanol–water partition coefficient (Wildman–Crippen LogP) is 0.608. The fourth-order valence-electron chi connectivity index (χ4n) is 1.07. The maximum absolute atomic E-state index is 11.4. The van der Waals surface area contributed by atoms with Crippen LogP contribution >= 0.6 is 0 Å². The minimum Gasteiger partial charge on any atom is -0.481 e. The molecule has 0 atom stereocenters. The summed E-state index contributed by atoms with van der Waals surface area (Å²) in [4.78, 5) is 21.5. The van der Waals surface area contributed by atoms with Gasteiger partial charge in [-0.1, -0.05) is 0 Å². The van der Waals surface area contributed by atoms with Crippen molar-refractivity contribution in [3.63, 3.8) is 0 Å². The van der Waals surface area contributed by atoms with E-state index >= 15 is 0 Å². The van der Waals surface area contributed by atoms with Crippen molar-refractivity contribution in [1.82, 2.24) is 0 Å². The maximum atomic E-state index is 11.4. The van der Waals surface area contributed by atoms with Crippen LogP contribution in [0.5, 0.6) is 0 Å². The van der Waals surface area contributed by atoms with Crippen LogP contribution in [-0.2, 0) is 24.2 Å². The van der Waals surface area contributed by atoms with E-state index < -0.39 is 33.1 Å². The van der Waals surface area contributed by atoms with Crippen LogP contribution in [0.25, 0.3) is 0 Å². The molecule has 0 saturated heterocycles. The molecule has 0 aromatic heterocycles. The van der Waals surface area contributed by atoms with Gasteiger partial charge in [-0.15, -0.1) is 0 Å². The molecule has 100 valence electrons. The first-order chi connectivity index (χ1) is 7.52. The lowest BCUT2D eigenvalue weighted by Crippen LogP contribution is -2.29. The zero-order chi connectivity index (χ0) is 13.7. The summed E-state index contributed by atoms with van der Waals surface area (Å²) in [5, 5.41) is 8.36. The molecule has 6 nitrogen and oxygen atoms in total. The van der Waals surface area contributed by atoms with Crippen LogP contribution < -0.4 is 0 Å².